The van der Waals surface area contributed by atoms with Crippen molar-refractivity contribution >= 4 is 91.0 Å². The van der Waals surface area contributed by atoms with Gasteiger partial charge in [-0.2, -0.15) is 0 Å². The minimum absolute atomic E-state index is 0.00341. The minimum atomic E-state index is -0.241. The summed E-state index contributed by atoms with van der Waals surface area (Å²) in [6.45, 7) is 33.8. The van der Waals surface area contributed by atoms with E-state index in [0.717, 1.165) is 29.9 Å². The number of fused-ring (bicyclic) bond motifs is 7. The molecular weight excluding hydrogens is 998 g/mol. The summed E-state index contributed by atoms with van der Waals surface area (Å²) in [5.74, 6) is 0. The van der Waals surface area contributed by atoms with Crippen molar-refractivity contribution in [2.45, 2.75) is 137 Å². The molecule has 9 aromatic rings. The van der Waals surface area contributed by atoms with Crippen molar-refractivity contribution in [3.05, 3.63) is 221 Å². The summed E-state index contributed by atoms with van der Waals surface area (Å²) in [6.07, 6.45) is 7.26. The van der Waals surface area contributed by atoms with Crippen molar-refractivity contribution < 1.29 is 0 Å². The lowest BCUT2D eigenvalue weighted by atomic mass is 9.35. The highest BCUT2D eigenvalue weighted by atomic mass is 32.1. The molecule has 2 aliphatic carbocycles. The fourth-order valence-corrected chi connectivity index (χ4v) is 15.1. The Morgan fingerprint density at radius 1 is 0.481 bits per heavy atom. The molecule has 8 aromatic carbocycles. The Morgan fingerprint density at radius 3 is 1.60 bits per heavy atom. The first kappa shape index (κ1) is 53.0. The van der Waals surface area contributed by atoms with Gasteiger partial charge in [-0.15, -0.1) is 11.3 Å². The molecule has 3 nitrogen and oxygen atoms in total. The van der Waals surface area contributed by atoms with Gasteiger partial charge in [-0.1, -0.05) is 218 Å². The van der Waals surface area contributed by atoms with Gasteiger partial charge in [-0.3, -0.25) is 0 Å². The number of rotatable bonds is 7. The van der Waals surface area contributed by atoms with Gasteiger partial charge in [-0.25, -0.2) is 0 Å². The van der Waals surface area contributed by atoms with Crippen LogP contribution in [0.5, 0.6) is 0 Å². The van der Waals surface area contributed by atoms with Gasteiger partial charge in [0.25, 0.3) is 6.71 Å². The van der Waals surface area contributed by atoms with Crippen molar-refractivity contribution in [3.63, 3.8) is 0 Å². The van der Waals surface area contributed by atoms with E-state index in [2.05, 4.69) is 306 Å². The Bertz CT molecular complexity index is 3940. The topological polar surface area (TPSA) is 9.72 Å². The Morgan fingerprint density at radius 2 is 1.01 bits per heavy atom. The van der Waals surface area contributed by atoms with Gasteiger partial charge in [0.2, 0.25) is 0 Å². The highest BCUT2D eigenvalue weighted by Gasteiger charge is 2.53. The predicted octanol–water partition coefficient (Wildman–Crippen LogP) is 19.9. The molecule has 0 bridgehead atoms. The summed E-state index contributed by atoms with van der Waals surface area (Å²) in [7, 11) is 0. The summed E-state index contributed by atoms with van der Waals surface area (Å²) in [5.41, 5.74) is 24.9. The molecule has 5 heteroatoms. The van der Waals surface area contributed by atoms with E-state index < -0.39 is 0 Å². The standard InChI is InChI=1S/C76H78BN3S/c1-71(2,3)52-32-37-56(38-33-52)79-64-45-57(78(54-28-22-17-23-29-54)55-35-30-50(31-36-55)49-24-18-15-19-25-49)46-65-68(64)77(70-69(79)67-66(81-70)40-41-76(67,14)73(7,8)9)61-47-59-60(75(12,13)43-42-74(59,10)11)48-63(61)80(65)62-39-34-53(72(4,5)6)44-58(62)51-26-20-16-21-27-51/h15-41,44-48H,42-43H2,1-14H3. The van der Waals surface area contributed by atoms with Gasteiger partial charge >= 0.3 is 0 Å². The maximum Gasteiger partial charge on any atom is 0.264 e. The summed E-state index contributed by atoms with van der Waals surface area (Å²) in [4.78, 5) is 9.31. The number of allylic oxidation sites excluding steroid dienone is 1. The van der Waals surface area contributed by atoms with Gasteiger partial charge in [-0.05, 0) is 163 Å². The number of para-hydroxylation sites is 1. The Labute approximate surface area is 488 Å². The monoisotopic (exact) mass is 1080 g/mol. The number of hydrogen-bond acceptors (Lipinski definition) is 4. The lowest BCUT2D eigenvalue weighted by Gasteiger charge is -2.48. The predicted molar refractivity (Wildman–Crippen MR) is 352 cm³/mol. The second kappa shape index (κ2) is 18.6. The van der Waals surface area contributed by atoms with Crippen LogP contribution in [0.25, 0.3) is 28.3 Å². The van der Waals surface area contributed by atoms with Crippen molar-refractivity contribution in [1.82, 2.24) is 0 Å². The van der Waals surface area contributed by atoms with E-state index in [1.165, 1.54) is 105 Å². The third-order valence-corrected chi connectivity index (χ3v) is 20.4. The van der Waals surface area contributed by atoms with Crippen molar-refractivity contribution in [3.8, 4) is 22.3 Å². The Balaban J connectivity index is 1.20. The first-order chi connectivity index (χ1) is 38.4. The molecule has 0 saturated carbocycles. The van der Waals surface area contributed by atoms with Crippen LogP contribution in [-0.2, 0) is 27.1 Å². The zero-order chi connectivity index (χ0) is 56.8. The smallest absolute Gasteiger partial charge is 0.264 e. The molecule has 81 heavy (non-hydrogen) atoms. The number of benzene rings is 8. The van der Waals surface area contributed by atoms with E-state index in [1.54, 1.807) is 0 Å². The molecule has 406 valence electrons. The molecule has 0 spiro atoms. The molecule has 4 aliphatic rings. The van der Waals surface area contributed by atoms with Gasteiger partial charge < -0.3 is 14.7 Å². The van der Waals surface area contributed by atoms with Gasteiger partial charge in [0.05, 0.1) is 17.1 Å². The summed E-state index contributed by atoms with van der Waals surface area (Å²) in [6, 6.07) is 69.6. The van der Waals surface area contributed by atoms with E-state index in [-0.39, 0.29) is 39.2 Å². The molecule has 13 rings (SSSR count). The molecule has 2 aliphatic heterocycles. The van der Waals surface area contributed by atoms with Gasteiger partial charge in [0.15, 0.2) is 0 Å². The normalized spacial score (nSPS) is 17.5. The van der Waals surface area contributed by atoms with Crippen LogP contribution in [0.1, 0.15) is 142 Å². The fraction of sp³-hybridized carbons (Fsp3) is 0.289. The maximum absolute atomic E-state index is 2.72. The van der Waals surface area contributed by atoms with Crippen LogP contribution in [0, 0.1) is 5.41 Å². The molecular formula is C76H78BN3S. The van der Waals surface area contributed by atoms with E-state index in [1.807, 2.05) is 11.3 Å². The molecule has 3 heterocycles. The maximum atomic E-state index is 2.72. The van der Waals surface area contributed by atoms with Crippen molar-refractivity contribution in [2.24, 2.45) is 5.41 Å². The fourth-order valence-electron chi connectivity index (χ4n) is 13.7. The molecule has 0 radical (unpaired) electrons. The largest absolute Gasteiger partial charge is 0.311 e. The highest BCUT2D eigenvalue weighted by Crippen LogP contribution is 2.59. The zero-order valence-corrected chi connectivity index (χ0v) is 51.0. The lowest BCUT2D eigenvalue weighted by Crippen LogP contribution is -2.61. The van der Waals surface area contributed by atoms with Crippen LogP contribution in [0.3, 0.4) is 0 Å². The molecule has 1 atom stereocenters. The molecule has 0 N–H and O–H groups in total. The second-order valence-corrected chi connectivity index (χ2v) is 29.4. The Kier molecular flexibility index (Phi) is 12.2. The van der Waals surface area contributed by atoms with Crippen molar-refractivity contribution in [2.75, 3.05) is 14.7 Å². The number of nitrogens with zero attached hydrogens (tertiary/aromatic N) is 3. The van der Waals surface area contributed by atoms with E-state index >= 15 is 0 Å². The third-order valence-electron chi connectivity index (χ3n) is 19.2. The summed E-state index contributed by atoms with van der Waals surface area (Å²) in [5, 5.41) is 0. The van der Waals surface area contributed by atoms with Crippen LogP contribution in [0.15, 0.2) is 188 Å². The number of hydrogen-bond donors (Lipinski definition) is 0. The van der Waals surface area contributed by atoms with E-state index in [4.69, 9.17) is 0 Å². The van der Waals surface area contributed by atoms with Crippen molar-refractivity contribution in [1.29, 1.82) is 0 Å². The lowest BCUT2D eigenvalue weighted by molar-refractivity contribution is 0.263. The average Bonchev–Trinajstić information content (AvgIpc) is 2.57. The number of thiophene rings is 1. The van der Waals surface area contributed by atoms with Crippen LogP contribution in [-0.4, -0.2) is 6.71 Å². The highest BCUT2D eigenvalue weighted by molar-refractivity contribution is 7.30. The average molecular weight is 1080 g/mol. The van der Waals surface area contributed by atoms with Crippen LogP contribution < -0.4 is 30.4 Å². The molecule has 0 saturated heterocycles. The summed E-state index contributed by atoms with van der Waals surface area (Å²) < 4.78 is 1.43. The summed E-state index contributed by atoms with van der Waals surface area (Å²) >= 11 is 2.04. The van der Waals surface area contributed by atoms with Crippen LogP contribution in [0.2, 0.25) is 0 Å². The minimum Gasteiger partial charge on any atom is -0.311 e. The second-order valence-electron chi connectivity index (χ2n) is 28.3. The molecule has 0 amide bonds. The third kappa shape index (κ3) is 8.58. The first-order valence-corrected chi connectivity index (χ1v) is 30.4. The first-order valence-electron chi connectivity index (χ1n) is 29.6. The molecule has 1 unspecified atom stereocenters. The zero-order valence-electron chi connectivity index (χ0n) is 50.2. The van der Waals surface area contributed by atoms with Gasteiger partial charge in [0, 0.05) is 60.3 Å². The van der Waals surface area contributed by atoms with E-state index in [9.17, 15) is 0 Å². The van der Waals surface area contributed by atoms with Gasteiger partial charge in [0.1, 0.15) is 0 Å². The van der Waals surface area contributed by atoms with E-state index in [0.29, 0.717) is 0 Å². The van der Waals surface area contributed by atoms with Crippen LogP contribution in [0.4, 0.5) is 51.2 Å². The SMILES string of the molecule is CC(C)(C)c1ccc(N2c3cc(N(c4ccccc4)c4ccc(-c5ccccc5)cc4)cc4c3B(c3cc5c(cc3N4c3ccc(C(C)(C)C)cc3-c3ccccc3)C(C)(C)CCC5(C)C)c3sc4c(c32)C(C)(C(C)(C)C)C=C4)cc1. The molecule has 0 fully saturated rings. The molecule has 1 aromatic heterocycles. The Hall–Kier alpha value is -7.34. The van der Waals surface area contributed by atoms with Crippen LogP contribution >= 0.6 is 11.3 Å². The quantitative estimate of drug-likeness (QED) is 0.147. The number of anilines is 9.